The van der Waals surface area contributed by atoms with Crippen LogP contribution in [0.3, 0.4) is 0 Å². The van der Waals surface area contributed by atoms with E-state index in [1.165, 1.54) is 56.6 Å². The number of fused-ring (bicyclic) bond motifs is 2. The van der Waals surface area contributed by atoms with Crippen molar-refractivity contribution in [1.82, 2.24) is 0 Å². The fourth-order valence-corrected chi connectivity index (χ4v) is 2.61. The largest absolute Gasteiger partial charge is 1.00 e. The van der Waals surface area contributed by atoms with Crippen LogP contribution >= 0.6 is 0 Å². The Balaban J connectivity index is 0.000000378. The molecule has 4 aromatic carbocycles. The van der Waals surface area contributed by atoms with E-state index in [1.54, 1.807) is 3.26 Å². The molecule has 0 aromatic heterocycles. The zero-order valence-electron chi connectivity index (χ0n) is 15.7. The Morgan fingerprint density at radius 2 is 1.00 bits per heavy atom. The van der Waals surface area contributed by atoms with Gasteiger partial charge in [0.05, 0.1) is 0 Å². The Morgan fingerprint density at radius 1 is 0.692 bits per heavy atom. The van der Waals surface area contributed by atoms with Crippen molar-refractivity contribution in [2.45, 2.75) is 27.7 Å². The number of rotatable bonds is 0. The van der Waals surface area contributed by atoms with Crippen LogP contribution < -0.4 is 24.8 Å². The summed E-state index contributed by atoms with van der Waals surface area (Å²) in [6.45, 7) is 8.54. The Bertz CT molecular complexity index is 789. The summed E-state index contributed by atoms with van der Waals surface area (Å²) in [5.74, 6) is 0. The molecule has 4 rings (SSSR count). The van der Waals surface area contributed by atoms with E-state index in [0.29, 0.717) is 0 Å². The summed E-state index contributed by atoms with van der Waals surface area (Å²) in [5, 5.41) is 5.39. The van der Waals surface area contributed by atoms with Crippen LogP contribution in [0.5, 0.6) is 0 Å². The van der Waals surface area contributed by atoms with Crippen LogP contribution in [-0.4, -0.2) is 3.26 Å². The van der Waals surface area contributed by atoms with E-state index < -0.39 is 0 Å². The van der Waals surface area contributed by atoms with Crippen molar-refractivity contribution in [3.63, 3.8) is 0 Å². The topological polar surface area (TPSA) is 0 Å². The molecule has 0 fully saturated rings. The number of halogens is 2. The summed E-state index contributed by atoms with van der Waals surface area (Å²) in [6.07, 6.45) is 0. The van der Waals surface area contributed by atoms with Crippen LogP contribution in [0, 0.1) is 13.8 Å². The zero-order chi connectivity index (χ0) is 17.5. The van der Waals surface area contributed by atoms with Gasteiger partial charge in [0.2, 0.25) is 0 Å². The van der Waals surface area contributed by atoms with Gasteiger partial charge in [-0.3, -0.25) is 0 Å². The van der Waals surface area contributed by atoms with Crippen molar-refractivity contribution < 1.29 is 48.7 Å². The van der Waals surface area contributed by atoms with Gasteiger partial charge in [-0.25, -0.2) is 0 Å². The van der Waals surface area contributed by atoms with Gasteiger partial charge in [-0.1, -0.05) is 26.0 Å². The second-order valence-electron chi connectivity index (χ2n) is 6.32. The van der Waals surface area contributed by atoms with Gasteiger partial charge in [-0.15, -0.1) is 81.2 Å². The fourth-order valence-electron chi connectivity index (χ4n) is 2.61. The standard InChI is InChI=1S/2C10H9.C3H6.2ClH.Hf/c2*1-8-6-9-4-2-3-5-10(9)7-8;1-3-2;;;/h2*2-7H,1H3;1-2H3;2*1H;/q2*-1;;;;+2/p-2. The summed E-state index contributed by atoms with van der Waals surface area (Å²) in [7, 11) is 0. The number of aryl methyl sites for hydroxylation is 2. The molecule has 0 aliphatic carbocycles. The normalized spacial score (nSPS) is 9.15. The second kappa shape index (κ2) is 12.4. The first-order valence-corrected chi connectivity index (χ1v) is 10.0. The van der Waals surface area contributed by atoms with E-state index >= 15 is 0 Å². The third-order valence-electron chi connectivity index (χ3n) is 3.52. The van der Waals surface area contributed by atoms with Crippen LogP contribution in [0.15, 0.2) is 72.8 Å². The number of benzene rings is 2. The average Bonchev–Trinajstić information content (AvgIpc) is 3.07. The molecule has 0 heterocycles. The van der Waals surface area contributed by atoms with Gasteiger partial charge in [0, 0.05) is 0 Å². The van der Waals surface area contributed by atoms with Crippen molar-refractivity contribution in [2.75, 3.05) is 0 Å². The minimum Gasteiger partial charge on any atom is -1.00 e. The molecule has 3 heteroatoms. The van der Waals surface area contributed by atoms with E-state index in [1.807, 2.05) is 0 Å². The summed E-state index contributed by atoms with van der Waals surface area (Å²) >= 11 is 1.27. The monoisotopic (exact) mass is 550 g/mol. The molecule has 0 radical (unpaired) electrons. The maximum atomic E-state index is 2.20. The number of hydrogen-bond donors (Lipinski definition) is 0. The van der Waals surface area contributed by atoms with Gasteiger partial charge in [0.1, 0.15) is 0 Å². The molecule has 0 saturated heterocycles. The van der Waals surface area contributed by atoms with Crippen molar-refractivity contribution in [1.29, 1.82) is 0 Å². The molecule has 0 amide bonds. The summed E-state index contributed by atoms with van der Waals surface area (Å²) in [5.41, 5.74) is 2.70. The van der Waals surface area contributed by atoms with Crippen molar-refractivity contribution in [3.8, 4) is 0 Å². The first-order valence-electron chi connectivity index (χ1n) is 8.21. The van der Waals surface area contributed by atoms with Gasteiger partial charge in [-0.05, 0) is 0 Å². The molecular weight excluding hydrogens is 526 g/mol. The summed E-state index contributed by atoms with van der Waals surface area (Å²) in [6, 6.07) is 25.7. The van der Waals surface area contributed by atoms with Gasteiger partial charge in [0.25, 0.3) is 0 Å². The first-order chi connectivity index (χ1) is 11.5. The maximum absolute atomic E-state index is 2.20. The fraction of sp³-hybridized carbons (Fsp3) is 0.174. The van der Waals surface area contributed by atoms with E-state index in [4.69, 9.17) is 0 Å². The molecule has 0 atom stereocenters. The molecule has 26 heavy (non-hydrogen) atoms. The third kappa shape index (κ3) is 8.12. The quantitative estimate of drug-likeness (QED) is 0.221. The van der Waals surface area contributed by atoms with Gasteiger partial charge in [-0.2, -0.15) is 12.1 Å². The molecule has 0 bridgehead atoms. The molecule has 0 N–H and O–H groups in total. The molecule has 0 nitrogen and oxygen atoms in total. The molecule has 136 valence electrons. The van der Waals surface area contributed by atoms with Crippen LogP contribution in [0.4, 0.5) is 0 Å². The van der Waals surface area contributed by atoms with Gasteiger partial charge >= 0.3 is 41.0 Å². The first kappa shape index (κ1) is 25.0. The molecule has 0 saturated carbocycles. The molecule has 4 aromatic rings. The predicted molar refractivity (Wildman–Crippen MR) is 105 cm³/mol. The van der Waals surface area contributed by atoms with E-state index in [0.717, 1.165) is 0 Å². The van der Waals surface area contributed by atoms with Crippen LogP contribution in [-0.2, 0) is 23.9 Å². The van der Waals surface area contributed by atoms with Gasteiger partial charge in [0.15, 0.2) is 0 Å². The Labute approximate surface area is 184 Å². The van der Waals surface area contributed by atoms with E-state index in [-0.39, 0.29) is 24.8 Å². The van der Waals surface area contributed by atoms with Crippen LogP contribution in [0.2, 0.25) is 0 Å². The minimum absolute atomic E-state index is 0. The molecule has 0 aliphatic rings. The van der Waals surface area contributed by atoms with Crippen LogP contribution in [0.25, 0.3) is 21.5 Å². The Morgan fingerprint density at radius 3 is 1.31 bits per heavy atom. The molecule has 0 unspecified atom stereocenters. The summed E-state index contributed by atoms with van der Waals surface area (Å²) in [4.78, 5) is 0. The minimum atomic E-state index is 0. The van der Waals surface area contributed by atoms with Crippen LogP contribution in [0.1, 0.15) is 25.0 Å². The Kier molecular flexibility index (Phi) is 11.9. The van der Waals surface area contributed by atoms with Crippen molar-refractivity contribution >= 4 is 24.8 Å². The molecule has 0 spiro atoms. The zero-order valence-corrected chi connectivity index (χ0v) is 20.8. The van der Waals surface area contributed by atoms with Gasteiger partial charge < -0.3 is 24.8 Å². The predicted octanol–water partition coefficient (Wildman–Crippen LogP) is 0.488. The maximum Gasteiger partial charge on any atom is -0.0579 e. The van der Waals surface area contributed by atoms with Crippen molar-refractivity contribution in [3.05, 3.63) is 83.9 Å². The van der Waals surface area contributed by atoms with E-state index in [2.05, 4.69) is 100 Å². The smallest absolute Gasteiger partial charge is 0.0579 e. The SMILES string of the molecule is C[C](C)=[Hf+2].Cc1cc2ccccc2[cH-]1.Cc1cc2ccccc2[cH-]1.[Cl-].[Cl-]. The molecule has 0 aliphatic heterocycles. The second-order valence-corrected chi connectivity index (χ2v) is 9.92. The molecular formula is C23H24Cl2Hf-2. The Hall–Kier alpha value is -1.02. The summed E-state index contributed by atoms with van der Waals surface area (Å²) < 4.78 is 1.56. The number of hydrogen-bond acceptors (Lipinski definition) is 0. The van der Waals surface area contributed by atoms with E-state index in [9.17, 15) is 0 Å². The third-order valence-corrected chi connectivity index (χ3v) is 3.52. The average molecular weight is 550 g/mol. The van der Waals surface area contributed by atoms with Crippen molar-refractivity contribution in [2.24, 2.45) is 0 Å².